The van der Waals surface area contributed by atoms with Crippen LogP contribution in [0.1, 0.15) is 0 Å². The molecule has 7 rings (SSSR count). The molecule has 0 atom stereocenters. The Hall–Kier alpha value is -3.75. The first-order valence-electron chi connectivity index (χ1n) is 11.0. The minimum absolute atomic E-state index is 1.28. The van der Waals surface area contributed by atoms with Crippen LogP contribution in [0, 0.1) is 0 Å². The van der Waals surface area contributed by atoms with Gasteiger partial charge in [-0.05, 0) is 47.5 Å². The smallest absolute Gasteiger partial charge is 0.0598 e. The van der Waals surface area contributed by atoms with Crippen LogP contribution >= 0.6 is 10.2 Å². The van der Waals surface area contributed by atoms with Gasteiger partial charge in [-0.1, -0.05) is 101 Å². The first-order valence-corrected chi connectivity index (χ1v) is 12.6. The van der Waals surface area contributed by atoms with Crippen LogP contribution in [0.25, 0.3) is 22.3 Å². The molecule has 2 aliphatic heterocycles. The lowest BCUT2D eigenvalue weighted by Gasteiger charge is -2.57. The Bertz CT molecular complexity index is 1400. The second-order valence-electron chi connectivity index (χ2n) is 8.21. The molecule has 0 radical (unpaired) electrons. The van der Waals surface area contributed by atoms with Crippen LogP contribution in [-0.4, -0.2) is 0 Å². The average molecular weight is 428 g/mol. The van der Waals surface area contributed by atoms with E-state index in [2.05, 4.69) is 132 Å². The molecule has 0 saturated carbocycles. The second-order valence-corrected chi connectivity index (χ2v) is 11.1. The highest BCUT2D eigenvalue weighted by atomic mass is 32.3. The summed E-state index contributed by atoms with van der Waals surface area (Å²) < 4.78 is 2.66. The Balaban J connectivity index is 1.75. The van der Waals surface area contributed by atoms with Crippen molar-refractivity contribution in [1.82, 2.24) is 0 Å². The Morgan fingerprint density at radius 3 is 1.31 bits per heavy atom. The largest absolute Gasteiger partial charge is 0.290 e. The van der Waals surface area contributed by atoms with Crippen LogP contribution in [-0.2, 0) is 0 Å². The zero-order valence-electron chi connectivity index (χ0n) is 17.5. The fourth-order valence-corrected chi connectivity index (χ4v) is 9.72. The van der Waals surface area contributed by atoms with Crippen molar-refractivity contribution < 1.29 is 0 Å². The van der Waals surface area contributed by atoms with E-state index < -0.39 is 10.2 Å². The molecule has 1 nitrogen and oxygen atoms in total. The Morgan fingerprint density at radius 1 is 0.375 bits per heavy atom. The number of rotatable bonds is 1. The normalized spacial score (nSPS) is 15.4. The summed E-state index contributed by atoms with van der Waals surface area (Å²) in [6, 6.07) is 46.9. The molecule has 0 N–H and O–H groups in total. The van der Waals surface area contributed by atoms with E-state index in [1.807, 2.05) is 0 Å². The first-order chi connectivity index (χ1) is 15.9. The van der Waals surface area contributed by atoms with E-state index in [-0.39, 0.29) is 0 Å². The molecule has 2 heteroatoms. The monoisotopic (exact) mass is 427 g/mol. The van der Waals surface area contributed by atoms with Gasteiger partial charge in [0.05, 0.1) is 11.4 Å². The van der Waals surface area contributed by atoms with Crippen molar-refractivity contribution in [3.8, 4) is 22.3 Å². The molecule has 2 aliphatic rings. The van der Waals surface area contributed by atoms with Crippen molar-refractivity contribution in [3.05, 3.63) is 127 Å². The molecule has 0 saturated heterocycles. The Morgan fingerprint density at radius 2 is 0.781 bits per heavy atom. The highest BCUT2D eigenvalue weighted by Crippen LogP contribution is 2.80. The zero-order valence-corrected chi connectivity index (χ0v) is 18.3. The van der Waals surface area contributed by atoms with Crippen molar-refractivity contribution >= 4 is 21.6 Å². The fraction of sp³-hybridized carbons (Fsp3) is 0. The lowest BCUT2D eigenvalue weighted by Crippen LogP contribution is -2.31. The molecule has 0 bridgehead atoms. The number of hydrogen-bond acceptors (Lipinski definition) is 1. The van der Waals surface area contributed by atoms with Crippen LogP contribution in [0.3, 0.4) is 0 Å². The molecule has 5 aromatic rings. The number of anilines is 2. The number of nitrogens with zero attached hydrogens (tertiary/aromatic N) is 1. The van der Waals surface area contributed by atoms with Gasteiger partial charge in [0, 0.05) is 25.8 Å². The molecule has 0 aromatic heterocycles. The van der Waals surface area contributed by atoms with E-state index in [4.69, 9.17) is 0 Å². The molecular formula is C30H21NS. The van der Waals surface area contributed by atoms with Gasteiger partial charge in [0.1, 0.15) is 0 Å². The maximum atomic E-state index is 2.66. The molecule has 32 heavy (non-hydrogen) atoms. The third-order valence-corrected chi connectivity index (χ3v) is 10.5. The van der Waals surface area contributed by atoms with Gasteiger partial charge in [0.25, 0.3) is 0 Å². The van der Waals surface area contributed by atoms with Crippen molar-refractivity contribution in [2.75, 3.05) is 4.31 Å². The molecular weight excluding hydrogens is 406 g/mol. The van der Waals surface area contributed by atoms with Gasteiger partial charge in [-0.2, -0.15) is 0 Å². The molecule has 0 aliphatic carbocycles. The van der Waals surface area contributed by atoms with Gasteiger partial charge in [-0.25, -0.2) is 0 Å². The van der Waals surface area contributed by atoms with Crippen LogP contribution in [0.4, 0.5) is 11.4 Å². The SMILES string of the molecule is c1ccc(S23c4ccccc4-c4ccccc4N2c2ccccc2-c2ccccc23)cc1. The minimum Gasteiger partial charge on any atom is -0.290 e. The summed E-state index contributed by atoms with van der Waals surface area (Å²) >= 11 is 0. The van der Waals surface area contributed by atoms with Gasteiger partial charge in [0.15, 0.2) is 0 Å². The predicted molar refractivity (Wildman–Crippen MR) is 135 cm³/mol. The zero-order chi connectivity index (χ0) is 21.1. The number of benzene rings is 5. The Labute approximate surface area is 190 Å². The number of hydrogen-bond donors (Lipinski definition) is 0. The van der Waals surface area contributed by atoms with Crippen LogP contribution in [0.2, 0.25) is 0 Å². The summed E-state index contributed by atoms with van der Waals surface area (Å²) in [6.07, 6.45) is 0. The summed E-state index contributed by atoms with van der Waals surface area (Å²) in [6.45, 7) is 0. The summed E-state index contributed by atoms with van der Waals surface area (Å²) in [5.74, 6) is 0. The number of para-hydroxylation sites is 2. The Kier molecular flexibility index (Phi) is 3.70. The van der Waals surface area contributed by atoms with Gasteiger partial charge in [-0.15, -0.1) is 0 Å². The van der Waals surface area contributed by atoms with Crippen molar-refractivity contribution in [1.29, 1.82) is 0 Å². The average Bonchev–Trinajstić information content (AvgIpc) is 2.89. The topological polar surface area (TPSA) is 3.24 Å². The minimum atomic E-state index is -1.73. The van der Waals surface area contributed by atoms with Gasteiger partial charge in [-0.3, -0.25) is 4.31 Å². The van der Waals surface area contributed by atoms with E-state index in [1.54, 1.807) is 0 Å². The third-order valence-electron chi connectivity index (χ3n) is 6.59. The van der Waals surface area contributed by atoms with E-state index in [9.17, 15) is 0 Å². The molecule has 2 heterocycles. The lowest BCUT2D eigenvalue weighted by atomic mass is 10.00. The van der Waals surface area contributed by atoms with Crippen LogP contribution in [0.15, 0.2) is 142 Å². The molecule has 0 unspecified atom stereocenters. The van der Waals surface area contributed by atoms with Crippen molar-refractivity contribution in [2.24, 2.45) is 0 Å². The van der Waals surface area contributed by atoms with E-state index in [1.165, 1.54) is 48.3 Å². The van der Waals surface area contributed by atoms with Crippen LogP contribution < -0.4 is 4.31 Å². The van der Waals surface area contributed by atoms with E-state index in [0.717, 1.165) is 0 Å². The van der Waals surface area contributed by atoms with Gasteiger partial charge < -0.3 is 0 Å². The molecule has 152 valence electrons. The highest BCUT2D eigenvalue weighted by molar-refractivity contribution is 8.35. The summed E-state index contributed by atoms with van der Waals surface area (Å²) in [5, 5.41) is 0. The molecule has 0 amide bonds. The van der Waals surface area contributed by atoms with Gasteiger partial charge >= 0.3 is 0 Å². The molecule has 0 fully saturated rings. The summed E-state index contributed by atoms with van der Waals surface area (Å²) in [5.41, 5.74) is 7.85. The second kappa shape index (κ2) is 6.62. The summed E-state index contributed by atoms with van der Waals surface area (Å²) in [7, 11) is -1.73. The standard InChI is InChI=1S/C30H21NS/c1-2-12-22(13-3-1)32-29-20-10-6-16-25(29)23-14-4-8-18-27(23)31(32)28-19-9-5-15-24(28)26-17-7-11-21-30(26)32/h1-21H. The number of fused-ring (bicyclic) bond motifs is 11. The third kappa shape index (κ3) is 2.15. The maximum Gasteiger partial charge on any atom is 0.0598 e. The predicted octanol–water partition coefficient (Wildman–Crippen LogP) is 8.68. The highest BCUT2D eigenvalue weighted by Gasteiger charge is 2.48. The van der Waals surface area contributed by atoms with Crippen LogP contribution in [0.5, 0.6) is 0 Å². The van der Waals surface area contributed by atoms with E-state index in [0.29, 0.717) is 0 Å². The maximum absolute atomic E-state index is 2.66. The summed E-state index contributed by atoms with van der Waals surface area (Å²) in [4.78, 5) is 4.18. The quantitative estimate of drug-likeness (QED) is 0.259. The first kappa shape index (κ1) is 17.9. The van der Waals surface area contributed by atoms with Gasteiger partial charge in [0.2, 0.25) is 0 Å². The van der Waals surface area contributed by atoms with E-state index >= 15 is 0 Å². The lowest BCUT2D eigenvalue weighted by molar-refractivity contribution is 1.20. The molecule has 0 spiro atoms. The fourth-order valence-electron chi connectivity index (χ4n) is 5.37. The van der Waals surface area contributed by atoms with Crippen molar-refractivity contribution in [3.63, 3.8) is 0 Å². The van der Waals surface area contributed by atoms with Crippen molar-refractivity contribution in [2.45, 2.75) is 14.7 Å². The molecule has 5 aromatic carbocycles.